The predicted octanol–water partition coefficient (Wildman–Crippen LogP) is 2.55. The molecule has 106 valence electrons. The Bertz CT molecular complexity index is 581. The standard InChI is InChI=1S/C15H20N4O/c1-3-10-6-5-9-17-13(10)14-18-15(20-19-14)11-7-4-8-12(11)16-2/h5-6,9,11-12,16H,3-4,7-8H2,1-2H3. The Hall–Kier alpha value is -1.75. The van der Waals surface area contributed by atoms with Gasteiger partial charge < -0.3 is 9.84 Å². The number of rotatable bonds is 4. The third-order valence-corrected chi connectivity index (χ3v) is 4.13. The summed E-state index contributed by atoms with van der Waals surface area (Å²) < 4.78 is 5.49. The lowest BCUT2D eigenvalue weighted by atomic mass is 10.0. The summed E-state index contributed by atoms with van der Waals surface area (Å²) in [6.07, 6.45) is 6.17. The van der Waals surface area contributed by atoms with E-state index in [2.05, 4.69) is 33.4 Å². The minimum Gasteiger partial charge on any atom is -0.339 e. The molecule has 1 fully saturated rings. The molecule has 0 radical (unpaired) electrons. The molecule has 0 aliphatic heterocycles. The Morgan fingerprint density at radius 1 is 1.40 bits per heavy atom. The Balaban J connectivity index is 1.90. The van der Waals surface area contributed by atoms with Gasteiger partial charge in [0.15, 0.2) is 0 Å². The van der Waals surface area contributed by atoms with Gasteiger partial charge in [-0.2, -0.15) is 4.98 Å². The van der Waals surface area contributed by atoms with Crippen molar-refractivity contribution in [3.8, 4) is 11.5 Å². The minimum atomic E-state index is 0.329. The van der Waals surface area contributed by atoms with Gasteiger partial charge in [0.2, 0.25) is 11.7 Å². The van der Waals surface area contributed by atoms with E-state index >= 15 is 0 Å². The van der Waals surface area contributed by atoms with Gasteiger partial charge in [-0.1, -0.05) is 24.6 Å². The first-order valence-electron chi connectivity index (χ1n) is 7.28. The molecule has 2 aromatic heterocycles. The number of aromatic nitrogens is 3. The number of nitrogens with one attached hydrogen (secondary N) is 1. The number of pyridine rings is 1. The molecular formula is C15H20N4O. The molecule has 20 heavy (non-hydrogen) atoms. The first-order chi connectivity index (χ1) is 9.83. The third kappa shape index (κ3) is 2.33. The van der Waals surface area contributed by atoms with Crippen molar-refractivity contribution >= 4 is 0 Å². The summed E-state index contributed by atoms with van der Waals surface area (Å²) in [5.41, 5.74) is 1.99. The molecule has 2 unspecified atom stereocenters. The van der Waals surface area contributed by atoms with E-state index < -0.39 is 0 Å². The quantitative estimate of drug-likeness (QED) is 0.926. The maximum atomic E-state index is 5.49. The number of likely N-dealkylation sites (N-methyl/N-ethyl adjacent to an activating group) is 1. The highest BCUT2D eigenvalue weighted by Crippen LogP contribution is 2.34. The van der Waals surface area contributed by atoms with Gasteiger partial charge in [0.25, 0.3) is 0 Å². The topological polar surface area (TPSA) is 63.8 Å². The van der Waals surface area contributed by atoms with E-state index in [1.54, 1.807) is 6.20 Å². The smallest absolute Gasteiger partial charge is 0.231 e. The van der Waals surface area contributed by atoms with Crippen LogP contribution in [0.4, 0.5) is 0 Å². The number of hydrogen-bond donors (Lipinski definition) is 1. The molecule has 1 N–H and O–H groups in total. The second-order valence-electron chi connectivity index (χ2n) is 5.25. The van der Waals surface area contributed by atoms with Crippen molar-refractivity contribution in [2.24, 2.45) is 0 Å². The summed E-state index contributed by atoms with van der Waals surface area (Å²) >= 11 is 0. The SMILES string of the molecule is CCc1cccnc1-c1noc(C2CCCC2NC)n1. The summed E-state index contributed by atoms with van der Waals surface area (Å²) in [6, 6.07) is 4.44. The monoisotopic (exact) mass is 272 g/mol. The Morgan fingerprint density at radius 2 is 2.30 bits per heavy atom. The van der Waals surface area contributed by atoms with Crippen LogP contribution in [0, 0.1) is 0 Å². The maximum Gasteiger partial charge on any atom is 0.231 e. The van der Waals surface area contributed by atoms with Gasteiger partial charge in [-0.25, -0.2) is 0 Å². The summed E-state index contributed by atoms with van der Waals surface area (Å²) in [5.74, 6) is 1.68. The van der Waals surface area contributed by atoms with Gasteiger partial charge in [0, 0.05) is 12.2 Å². The first kappa shape index (κ1) is 13.2. The van der Waals surface area contributed by atoms with Crippen molar-refractivity contribution in [1.82, 2.24) is 20.4 Å². The maximum absolute atomic E-state index is 5.49. The van der Waals surface area contributed by atoms with Crippen molar-refractivity contribution in [1.29, 1.82) is 0 Å². The zero-order valence-corrected chi connectivity index (χ0v) is 12.0. The first-order valence-corrected chi connectivity index (χ1v) is 7.28. The molecule has 2 atom stereocenters. The molecule has 3 rings (SSSR count). The average Bonchev–Trinajstić information content (AvgIpc) is 3.15. The van der Waals surface area contributed by atoms with Crippen molar-refractivity contribution in [2.45, 2.75) is 44.6 Å². The molecule has 0 bridgehead atoms. The van der Waals surface area contributed by atoms with Crippen LogP contribution in [-0.2, 0) is 6.42 Å². The lowest BCUT2D eigenvalue weighted by molar-refractivity contribution is 0.335. The van der Waals surface area contributed by atoms with E-state index in [1.165, 1.54) is 12.8 Å². The van der Waals surface area contributed by atoms with Crippen LogP contribution in [0.15, 0.2) is 22.9 Å². The van der Waals surface area contributed by atoms with Crippen molar-refractivity contribution < 1.29 is 4.52 Å². The lowest BCUT2D eigenvalue weighted by Crippen LogP contribution is -2.27. The summed E-state index contributed by atoms with van der Waals surface area (Å²) in [6.45, 7) is 2.11. The second kappa shape index (κ2) is 5.71. The number of hydrogen-bond acceptors (Lipinski definition) is 5. The Morgan fingerprint density at radius 3 is 3.10 bits per heavy atom. The second-order valence-corrected chi connectivity index (χ2v) is 5.25. The molecule has 0 aromatic carbocycles. The van der Waals surface area contributed by atoms with Crippen LogP contribution in [0.2, 0.25) is 0 Å². The van der Waals surface area contributed by atoms with Gasteiger partial charge in [-0.3, -0.25) is 4.98 Å². The zero-order valence-electron chi connectivity index (χ0n) is 12.0. The van der Waals surface area contributed by atoms with E-state index in [0.29, 0.717) is 17.8 Å². The highest BCUT2D eigenvalue weighted by molar-refractivity contribution is 5.53. The fourth-order valence-electron chi connectivity index (χ4n) is 3.01. The summed E-state index contributed by atoms with van der Waals surface area (Å²) in [5, 5.41) is 7.47. The van der Waals surface area contributed by atoms with Crippen LogP contribution in [-0.4, -0.2) is 28.2 Å². The van der Waals surface area contributed by atoms with Crippen LogP contribution in [0.25, 0.3) is 11.5 Å². The van der Waals surface area contributed by atoms with E-state index in [0.717, 1.165) is 30.0 Å². The Kier molecular flexibility index (Phi) is 3.78. The fourth-order valence-corrected chi connectivity index (χ4v) is 3.01. The molecule has 5 nitrogen and oxygen atoms in total. The van der Waals surface area contributed by atoms with E-state index in [-0.39, 0.29) is 0 Å². The average molecular weight is 272 g/mol. The molecule has 1 aliphatic rings. The van der Waals surface area contributed by atoms with Gasteiger partial charge in [0.1, 0.15) is 5.69 Å². The lowest BCUT2D eigenvalue weighted by Gasteiger charge is -2.14. The van der Waals surface area contributed by atoms with Crippen LogP contribution >= 0.6 is 0 Å². The normalized spacial score (nSPS) is 22.3. The molecule has 1 saturated carbocycles. The molecule has 2 heterocycles. The summed E-state index contributed by atoms with van der Waals surface area (Å²) in [7, 11) is 1.99. The molecule has 0 spiro atoms. The van der Waals surface area contributed by atoms with Gasteiger partial charge in [0.05, 0.1) is 5.92 Å². The van der Waals surface area contributed by atoms with Crippen LogP contribution in [0.1, 0.15) is 43.6 Å². The van der Waals surface area contributed by atoms with Crippen LogP contribution in [0.3, 0.4) is 0 Å². The summed E-state index contributed by atoms with van der Waals surface area (Å²) in [4.78, 5) is 8.99. The van der Waals surface area contributed by atoms with E-state index in [9.17, 15) is 0 Å². The molecule has 1 aliphatic carbocycles. The van der Waals surface area contributed by atoms with E-state index in [4.69, 9.17) is 4.52 Å². The number of nitrogens with zero attached hydrogens (tertiary/aromatic N) is 3. The predicted molar refractivity (Wildman–Crippen MR) is 76.3 cm³/mol. The molecule has 0 saturated heterocycles. The highest BCUT2D eigenvalue weighted by Gasteiger charge is 2.32. The Labute approximate surface area is 118 Å². The van der Waals surface area contributed by atoms with Crippen LogP contribution < -0.4 is 5.32 Å². The van der Waals surface area contributed by atoms with E-state index in [1.807, 2.05) is 13.1 Å². The minimum absolute atomic E-state index is 0.329. The number of aryl methyl sites for hydroxylation is 1. The van der Waals surface area contributed by atoms with Gasteiger partial charge in [-0.15, -0.1) is 0 Å². The van der Waals surface area contributed by atoms with Gasteiger partial charge >= 0.3 is 0 Å². The van der Waals surface area contributed by atoms with Crippen molar-refractivity contribution in [2.75, 3.05) is 7.05 Å². The van der Waals surface area contributed by atoms with Crippen molar-refractivity contribution in [3.05, 3.63) is 29.8 Å². The molecule has 2 aromatic rings. The van der Waals surface area contributed by atoms with Crippen LogP contribution in [0.5, 0.6) is 0 Å². The largest absolute Gasteiger partial charge is 0.339 e. The zero-order chi connectivity index (χ0) is 13.9. The highest BCUT2D eigenvalue weighted by atomic mass is 16.5. The third-order valence-electron chi connectivity index (χ3n) is 4.13. The molecule has 0 amide bonds. The fraction of sp³-hybridized carbons (Fsp3) is 0.533. The van der Waals surface area contributed by atoms with Crippen molar-refractivity contribution in [3.63, 3.8) is 0 Å². The van der Waals surface area contributed by atoms with Gasteiger partial charge in [-0.05, 0) is 37.9 Å². The molecule has 5 heteroatoms. The molecular weight excluding hydrogens is 252 g/mol.